The van der Waals surface area contributed by atoms with Crippen LogP contribution in [0.4, 0.5) is 0 Å². The van der Waals surface area contributed by atoms with Gasteiger partial charge in [0.15, 0.2) is 0 Å². The van der Waals surface area contributed by atoms with Crippen LogP contribution in [0.2, 0.25) is 0 Å². The van der Waals surface area contributed by atoms with E-state index < -0.39 is 0 Å². The highest BCUT2D eigenvalue weighted by Gasteiger charge is 2.22. The van der Waals surface area contributed by atoms with Crippen molar-refractivity contribution in [3.05, 3.63) is 33.5 Å². The smallest absolute Gasteiger partial charge is 0.115 e. The minimum atomic E-state index is 0.141. The molecule has 0 fully saturated rings. The number of nitrogens with one attached hydrogen (secondary N) is 1. The molecule has 1 N–H and O–H groups in total. The van der Waals surface area contributed by atoms with Crippen LogP contribution in [0, 0.1) is 6.92 Å². The number of nitrogens with zero attached hydrogens (tertiary/aromatic N) is 3. The molecule has 2 aromatic rings. The Labute approximate surface area is 118 Å². The Kier molecular flexibility index (Phi) is 4.37. The average Bonchev–Trinajstić information content (AvgIpc) is 2.92. The molecular weight excluding hydrogens is 256 g/mol. The highest BCUT2D eigenvalue weighted by Crippen LogP contribution is 2.28. The van der Waals surface area contributed by atoms with Crippen LogP contribution in [0.25, 0.3) is 0 Å². The Morgan fingerprint density at radius 2 is 2.16 bits per heavy atom. The fraction of sp³-hybridized carbons (Fsp3) is 0.571. The summed E-state index contributed by atoms with van der Waals surface area (Å²) in [6, 6.07) is 0.543. The van der Waals surface area contributed by atoms with Gasteiger partial charge in [-0.2, -0.15) is 5.10 Å². The molecule has 0 spiro atoms. The van der Waals surface area contributed by atoms with Gasteiger partial charge in [0.1, 0.15) is 5.01 Å². The third-order valence-corrected chi connectivity index (χ3v) is 3.99. The van der Waals surface area contributed by atoms with Crippen molar-refractivity contribution in [2.24, 2.45) is 7.05 Å². The summed E-state index contributed by atoms with van der Waals surface area (Å²) in [7, 11) is 1.97. The highest BCUT2D eigenvalue weighted by atomic mass is 32.1. The van der Waals surface area contributed by atoms with Crippen molar-refractivity contribution in [1.29, 1.82) is 0 Å². The molecule has 0 aliphatic rings. The third kappa shape index (κ3) is 3.22. The summed E-state index contributed by atoms with van der Waals surface area (Å²) in [5, 5.41) is 11.4. The zero-order valence-corrected chi connectivity index (χ0v) is 13.1. The third-order valence-electron chi connectivity index (χ3n) is 2.97. The van der Waals surface area contributed by atoms with E-state index in [1.165, 1.54) is 5.56 Å². The van der Waals surface area contributed by atoms with E-state index >= 15 is 0 Å². The van der Waals surface area contributed by atoms with E-state index in [0.29, 0.717) is 6.04 Å². The largest absolute Gasteiger partial charge is 0.302 e. The van der Waals surface area contributed by atoms with Gasteiger partial charge in [0.2, 0.25) is 0 Å². The SMILES string of the molecule is CCc1nn(C)cc1C(NC(C)C)c1nc(C)cs1. The predicted octanol–water partition coefficient (Wildman–Crippen LogP) is 2.83. The first kappa shape index (κ1) is 14.2. The Bertz CT molecular complexity index is 541. The van der Waals surface area contributed by atoms with Gasteiger partial charge in [-0.1, -0.05) is 6.92 Å². The number of hydrogen-bond donors (Lipinski definition) is 1. The van der Waals surface area contributed by atoms with Gasteiger partial charge >= 0.3 is 0 Å². The molecule has 5 heteroatoms. The first-order valence-electron chi connectivity index (χ1n) is 6.71. The maximum Gasteiger partial charge on any atom is 0.115 e. The molecule has 104 valence electrons. The molecule has 2 heterocycles. The van der Waals surface area contributed by atoms with Gasteiger partial charge in [-0.3, -0.25) is 4.68 Å². The van der Waals surface area contributed by atoms with Crippen LogP contribution in [0.1, 0.15) is 48.8 Å². The second kappa shape index (κ2) is 5.84. The van der Waals surface area contributed by atoms with Crippen molar-refractivity contribution >= 4 is 11.3 Å². The topological polar surface area (TPSA) is 42.7 Å². The predicted molar refractivity (Wildman–Crippen MR) is 79.6 cm³/mol. The molecule has 2 aromatic heterocycles. The lowest BCUT2D eigenvalue weighted by atomic mass is 10.1. The molecule has 0 bridgehead atoms. The molecule has 0 saturated heterocycles. The molecule has 0 radical (unpaired) electrons. The number of aryl methyl sites for hydroxylation is 3. The Morgan fingerprint density at radius 1 is 1.42 bits per heavy atom. The minimum Gasteiger partial charge on any atom is -0.302 e. The molecule has 0 aliphatic heterocycles. The van der Waals surface area contributed by atoms with Crippen molar-refractivity contribution in [2.45, 2.75) is 46.2 Å². The second-order valence-electron chi connectivity index (χ2n) is 5.14. The standard InChI is InChI=1S/C14H22N4S/c1-6-12-11(7-18(5)17-12)13(15-9(2)3)14-16-10(4)8-19-14/h7-9,13,15H,6H2,1-5H3. The van der Waals surface area contributed by atoms with Gasteiger partial charge in [-0.15, -0.1) is 11.3 Å². The molecule has 0 amide bonds. The van der Waals surface area contributed by atoms with Crippen molar-refractivity contribution in [2.75, 3.05) is 0 Å². The summed E-state index contributed by atoms with van der Waals surface area (Å²) in [4.78, 5) is 4.64. The summed E-state index contributed by atoms with van der Waals surface area (Å²) < 4.78 is 1.89. The van der Waals surface area contributed by atoms with Crippen molar-refractivity contribution in [1.82, 2.24) is 20.1 Å². The maximum absolute atomic E-state index is 4.64. The van der Waals surface area contributed by atoms with Gasteiger partial charge in [0.25, 0.3) is 0 Å². The molecule has 1 atom stereocenters. The number of thiazole rings is 1. The Hall–Kier alpha value is -1.20. The zero-order valence-electron chi connectivity index (χ0n) is 12.3. The van der Waals surface area contributed by atoms with Crippen molar-refractivity contribution < 1.29 is 0 Å². The van der Waals surface area contributed by atoms with E-state index in [1.807, 2.05) is 18.7 Å². The molecule has 4 nitrogen and oxygen atoms in total. The number of rotatable bonds is 5. The fourth-order valence-corrected chi connectivity index (χ4v) is 3.07. The molecular formula is C14H22N4S. The minimum absolute atomic E-state index is 0.141. The second-order valence-corrected chi connectivity index (χ2v) is 6.03. The summed E-state index contributed by atoms with van der Waals surface area (Å²) in [5.74, 6) is 0. The Balaban J connectivity index is 2.42. The summed E-state index contributed by atoms with van der Waals surface area (Å²) in [5.41, 5.74) is 3.47. The lowest BCUT2D eigenvalue weighted by molar-refractivity contribution is 0.524. The monoisotopic (exact) mass is 278 g/mol. The van der Waals surface area contributed by atoms with Crippen molar-refractivity contribution in [3.8, 4) is 0 Å². The quantitative estimate of drug-likeness (QED) is 0.914. The van der Waals surface area contributed by atoms with E-state index in [-0.39, 0.29) is 6.04 Å². The van der Waals surface area contributed by atoms with Gasteiger partial charge in [-0.05, 0) is 27.2 Å². The Morgan fingerprint density at radius 3 is 2.68 bits per heavy atom. The van der Waals surface area contributed by atoms with E-state index in [1.54, 1.807) is 11.3 Å². The summed E-state index contributed by atoms with van der Waals surface area (Å²) in [6.07, 6.45) is 3.05. The van der Waals surface area contributed by atoms with Gasteiger partial charge in [0.05, 0.1) is 11.7 Å². The zero-order chi connectivity index (χ0) is 14.0. The van der Waals surface area contributed by atoms with Crippen molar-refractivity contribution in [3.63, 3.8) is 0 Å². The van der Waals surface area contributed by atoms with E-state index in [9.17, 15) is 0 Å². The fourth-order valence-electron chi connectivity index (χ4n) is 2.20. The maximum atomic E-state index is 4.64. The summed E-state index contributed by atoms with van der Waals surface area (Å²) in [6.45, 7) is 8.51. The molecule has 19 heavy (non-hydrogen) atoms. The lowest BCUT2D eigenvalue weighted by Gasteiger charge is -2.19. The van der Waals surface area contributed by atoms with Crippen LogP contribution in [0.15, 0.2) is 11.6 Å². The van der Waals surface area contributed by atoms with Gasteiger partial charge in [-0.25, -0.2) is 4.98 Å². The van der Waals surface area contributed by atoms with Crippen LogP contribution in [-0.4, -0.2) is 20.8 Å². The van der Waals surface area contributed by atoms with Crippen LogP contribution in [0.5, 0.6) is 0 Å². The van der Waals surface area contributed by atoms with E-state index in [4.69, 9.17) is 0 Å². The molecule has 0 saturated carbocycles. The molecule has 0 aliphatic carbocycles. The molecule has 1 unspecified atom stereocenters. The van der Waals surface area contributed by atoms with E-state index in [0.717, 1.165) is 22.8 Å². The van der Waals surface area contributed by atoms with E-state index in [2.05, 4.69) is 47.7 Å². The highest BCUT2D eigenvalue weighted by molar-refractivity contribution is 7.09. The van der Waals surface area contributed by atoms with Gasteiger partial charge < -0.3 is 5.32 Å². The molecule has 0 aromatic carbocycles. The first-order chi connectivity index (χ1) is 9.01. The van der Waals surface area contributed by atoms with Crippen LogP contribution in [0.3, 0.4) is 0 Å². The number of hydrogen-bond acceptors (Lipinski definition) is 4. The lowest BCUT2D eigenvalue weighted by Crippen LogP contribution is -2.29. The molecule has 2 rings (SSSR count). The number of aromatic nitrogens is 3. The first-order valence-corrected chi connectivity index (χ1v) is 7.59. The van der Waals surface area contributed by atoms with Gasteiger partial charge in [0, 0.05) is 35.9 Å². The van der Waals surface area contributed by atoms with Crippen LogP contribution < -0.4 is 5.32 Å². The summed E-state index contributed by atoms with van der Waals surface area (Å²) >= 11 is 1.71. The normalized spacial score (nSPS) is 13.2. The average molecular weight is 278 g/mol. The van der Waals surface area contributed by atoms with Crippen LogP contribution >= 0.6 is 11.3 Å². The van der Waals surface area contributed by atoms with Crippen LogP contribution in [-0.2, 0) is 13.5 Å².